The lowest BCUT2D eigenvalue weighted by Gasteiger charge is -2.17. The number of halogens is 1. The smallest absolute Gasteiger partial charge is 0.123 e. The molecule has 0 bridgehead atoms. The van der Waals surface area contributed by atoms with E-state index in [1.807, 2.05) is 25.2 Å². The largest absolute Gasteiger partial charge is 0.313 e. The molecular weight excluding hydrogens is 263 g/mol. The molecule has 0 saturated carbocycles. The van der Waals surface area contributed by atoms with Gasteiger partial charge in [-0.3, -0.25) is 4.98 Å². The van der Waals surface area contributed by atoms with Crippen LogP contribution in [-0.4, -0.2) is 12.0 Å². The van der Waals surface area contributed by atoms with Gasteiger partial charge >= 0.3 is 0 Å². The highest BCUT2D eigenvalue weighted by atomic mass is 19.1. The van der Waals surface area contributed by atoms with Crippen molar-refractivity contribution < 1.29 is 4.39 Å². The van der Waals surface area contributed by atoms with Gasteiger partial charge in [-0.15, -0.1) is 0 Å². The average Bonchev–Trinajstić information content (AvgIpc) is 2.54. The summed E-state index contributed by atoms with van der Waals surface area (Å²) in [5.74, 6) is -0.199. The van der Waals surface area contributed by atoms with Crippen LogP contribution in [0, 0.1) is 5.82 Å². The molecule has 0 amide bonds. The molecule has 0 aliphatic rings. The first kappa shape index (κ1) is 13.7. The lowest BCUT2D eigenvalue weighted by atomic mass is 9.98. The van der Waals surface area contributed by atoms with Crippen LogP contribution < -0.4 is 5.32 Å². The molecule has 3 aromatic rings. The topological polar surface area (TPSA) is 24.9 Å². The second kappa shape index (κ2) is 6.02. The third-order valence-electron chi connectivity index (χ3n) is 3.73. The Bertz CT molecular complexity index is 738. The fourth-order valence-electron chi connectivity index (χ4n) is 2.54. The van der Waals surface area contributed by atoms with Crippen LogP contribution in [0.3, 0.4) is 0 Å². The summed E-state index contributed by atoms with van der Waals surface area (Å²) in [5, 5.41) is 4.46. The van der Waals surface area contributed by atoms with Crippen molar-refractivity contribution in [2.45, 2.75) is 12.5 Å². The van der Waals surface area contributed by atoms with E-state index in [4.69, 9.17) is 0 Å². The van der Waals surface area contributed by atoms with Crippen LogP contribution >= 0.6 is 0 Å². The van der Waals surface area contributed by atoms with Gasteiger partial charge in [0.15, 0.2) is 0 Å². The van der Waals surface area contributed by atoms with Crippen LogP contribution in [-0.2, 0) is 6.42 Å². The van der Waals surface area contributed by atoms with E-state index >= 15 is 0 Å². The second-order valence-corrected chi connectivity index (χ2v) is 5.13. The standard InChI is InChI=1S/C18H17FN2/c1-20-17(11-13-4-8-16(19)9-5-13)15-7-6-14-3-2-10-21-18(14)12-15/h2-10,12,17,20H,11H2,1H3. The van der Waals surface area contributed by atoms with Crippen LogP contribution in [0.4, 0.5) is 4.39 Å². The monoisotopic (exact) mass is 280 g/mol. The molecule has 2 nitrogen and oxygen atoms in total. The molecule has 1 N–H and O–H groups in total. The van der Waals surface area contributed by atoms with E-state index in [1.165, 1.54) is 17.7 Å². The summed E-state index contributed by atoms with van der Waals surface area (Å²) in [6.45, 7) is 0. The number of likely N-dealkylation sites (N-methyl/N-ethyl adjacent to an activating group) is 1. The molecular formula is C18H17FN2. The molecule has 1 heterocycles. The highest BCUT2D eigenvalue weighted by Crippen LogP contribution is 2.22. The Labute approximate surface area is 123 Å². The first-order valence-corrected chi connectivity index (χ1v) is 7.02. The van der Waals surface area contributed by atoms with Gasteiger partial charge in [0.2, 0.25) is 0 Å². The third-order valence-corrected chi connectivity index (χ3v) is 3.73. The zero-order chi connectivity index (χ0) is 14.7. The summed E-state index contributed by atoms with van der Waals surface area (Å²) in [7, 11) is 1.94. The first-order valence-electron chi connectivity index (χ1n) is 7.02. The summed E-state index contributed by atoms with van der Waals surface area (Å²) >= 11 is 0. The molecule has 1 unspecified atom stereocenters. The van der Waals surface area contributed by atoms with Crippen molar-refractivity contribution in [1.29, 1.82) is 0 Å². The maximum absolute atomic E-state index is 13.0. The van der Waals surface area contributed by atoms with Crippen LogP contribution in [0.15, 0.2) is 60.8 Å². The molecule has 0 spiro atoms. The van der Waals surface area contributed by atoms with Crippen molar-refractivity contribution >= 4 is 10.9 Å². The lowest BCUT2D eigenvalue weighted by molar-refractivity contribution is 0.589. The summed E-state index contributed by atoms with van der Waals surface area (Å²) in [4.78, 5) is 4.40. The molecule has 1 aromatic heterocycles. The van der Waals surface area contributed by atoms with E-state index in [1.54, 1.807) is 6.20 Å². The van der Waals surface area contributed by atoms with Gasteiger partial charge < -0.3 is 5.32 Å². The van der Waals surface area contributed by atoms with E-state index in [0.29, 0.717) is 0 Å². The zero-order valence-electron chi connectivity index (χ0n) is 11.9. The molecule has 0 radical (unpaired) electrons. The number of rotatable bonds is 4. The summed E-state index contributed by atoms with van der Waals surface area (Å²) < 4.78 is 13.0. The summed E-state index contributed by atoms with van der Waals surface area (Å²) in [6.07, 6.45) is 2.62. The molecule has 2 aromatic carbocycles. The van der Waals surface area contributed by atoms with Crippen LogP contribution in [0.25, 0.3) is 10.9 Å². The SMILES string of the molecule is CNC(Cc1ccc(F)cc1)c1ccc2cccnc2c1. The maximum Gasteiger partial charge on any atom is 0.123 e. The minimum Gasteiger partial charge on any atom is -0.313 e. The van der Waals surface area contributed by atoms with Crippen LogP contribution in [0.1, 0.15) is 17.2 Å². The molecule has 3 heteroatoms. The number of nitrogens with one attached hydrogen (secondary N) is 1. The normalized spacial score (nSPS) is 12.5. The van der Waals surface area contributed by atoms with Crippen molar-refractivity contribution in [3.8, 4) is 0 Å². The number of pyridine rings is 1. The van der Waals surface area contributed by atoms with Gasteiger partial charge in [-0.2, -0.15) is 0 Å². The Morgan fingerprint density at radius 3 is 2.67 bits per heavy atom. The number of hydrogen-bond acceptors (Lipinski definition) is 2. The minimum absolute atomic E-state index is 0.182. The van der Waals surface area contributed by atoms with Gasteiger partial charge in [0.1, 0.15) is 5.82 Å². The van der Waals surface area contributed by atoms with Gasteiger partial charge in [0.05, 0.1) is 5.52 Å². The Balaban J connectivity index is 1.88. The van der Waals surface area contributed by atoms with Crippen molar-refractivity contribution in [1.82, 2.24) is 10.3 Å². The Kier molecular flexibility index (Phi) is 3.93. The average molecular weight is 280 g/mol. The van der Waals surface area contributed by atoms with Gasteiger partial charge in [0, 0.05) is 17.6 Å². The third kappa shape index (κ3) is 3.09. The lowest BCUT2D eigenvalue weighted by Crippen LogP contribution is -2.18. The molecule has 21 heavy (non-hydrogen) atoms. The fraction of sp³-hybridized carbons (Fsp3) is 0.167. The van der Waals surface area contributed by atoms with Crippen LogP contribution in [0.2, 0.25) is 0 Å². The number of nitrogens with zero attached hydrogens (tertiary/aromatic N) is 1. The maximum atomic E-state index is 13.0. The minimum atomic E-state index is -0.199. The number of aromatic nitrogens is 1. The van der Waals surface area contributed by atoms with Crippen molar-refractivity contribution in [2.24, 2.45) is 0 Å². The predicted octanol–water partition coefficient (Wildman–Crippen LogP) is 3.88. The van der Waals surface area contributed by atoms with E-state index < -0.39 is 0 Å². The Hall–Kier alpha value is -2.26. The van der Waals surface area contributed by atoms with E-state index in [9.17, 15) is 4.39 Å². The number of hydrogen-bond donors (Lipinski definition) is 1. The van der Waals surface area contributed by atoms with Crippen molar-refractivity contribution in [3.63, 3.8) is 0 Å². The number of benzene rings is 2. The molecule has 0 saturated heterocycles. The van der Waals surface area contributed by atoms with Crippen LogP contribution in [0.5, 0.6) is 0 Å². The quantitative estimate of drug-likeness (QED) is 0.784. The molecule has 3 rings (SSSR count). The van der Waals surface area contributed by atoms with Crippen molar-refractivity contribution in [2.75, 3.05) is 7.05 Å². The highest BCUT2D eigenvalue weighted by Gasteiger charge is 2.11. The van der Waals surface area contributed by atoms with Gasteiger partial charge in [0.25, 0.3) is 0 Å². The molecule has 0 aliphatic heterocycles. The summed E-state index contributed by atoms with van der Waals surface area (Å²) in [6, 6.07) is 17.2. The molecule has 0 fully saturated rings. The van der Waals surface area contributed by atoms with Gasteiger partial charge in [-0.25, -0.2) is 4.39 Å². The van der Waals surface area contributed by atoms with Gasteiger partial charge in [-0.05, 0) is 48.9 Å². The van der Waals surface area contributed by atoms with E-state index in [-0.39, 0.29) is 11.9 Å². The molecule has 1 atom stereocenters. The van der Waals surface area contributed by atoms with E-state index in [0.717, 1.165) is 22.9 Å². The zero-order valence-corrected chi connectivity index (χ0v) is 11.9. The van der Waals surface area contributed by atoms with Crippen molar-refractivity contribution in [3.05, 3.63) is 77.7 Å². The molecule has 0 aliphatic carbocycles. The Morgan fingerprint density at radius 2 is 1.90 bits per heavy atom. The Morgan fingerprint density at radius 1 is 1.10 bits per heavy atom. The van der Waals surface area contributed by atoms with E-state index in [2.05, 4.69) is 34.6 Å². The second-order valence-electron chi connectivity index (χ2n) is 5.13. The molecule has 106 valence electrons. The van der Waals surface area contributed by atoms with Gasteiger partial charge in [-0.1, -0.05) is 30.3 Å². The number of fused-ring (bicyclic) bond motifs is 1. The summed E-state index contributed by atoms with van der Waals surface area (Å²) in [5.41, 5.74) is 3.29. The fourth-order valence-corrected chi connectivity index (χ4v) is 2.54. The first-order chi connectivity index (χ1) is 10.3. The predicted molar refractivity (Wildman–Crippen MR) is 83.6 cm³/mol. The highest BCUT2D eigenvalue weighted by molar-refractivity contribution is 5.79.